The van der Waals surface area contributed by atoms with E-state index in [1.165, 1.54) is 0 Å². The molecule has 0 spiro atoms. The Morgan fingerprint density at radius 2 is 2.00 bits per heavy atom. The highest BCUT2D eigenvalue weighted by atomic mass is 79.9. The molecule has 1 unspecified atom stereocenters. The van der Waals surface area contributed by atoms with E-state index in [4.69, 9.17) is 0 Å². The van der Waals surface area contributed by atoms with Crippen LogP contribution in [0, 0.1) is 0 Å². The molecule has 1 fully saturated rings. The Morgan fingerprint density at radius 3 is 2.59 bits per heavy atom. The molecule has 1 aliphatic rings. The van der Waals surface area contributed by atoms with Crippen LogP contribution in [0.5, 0.6) is 0 Å². The molecule has 1 aromatic carbocycles. The lowest BCUT2D eigenvalue weighted by atomic mass is 10.1. The highest BCUT2D eigenvalue weighted by Gasteiger charge is 2.28. The smallest absolute Gasteiger partial charge is 0.321 e. The number of likely N-dealkylation sites (tertiary alicyclic amines) is 1. The first-order valence-corrected chi connectivity index (χ1v) is 6.68. The normalized spacial score (nSPS) is 18.2. The Kier molecular flexibility index (Phi) is 4.18. The van der Waals surface area contributed by atoms with Crippen LogP contribution >= 0.6 is 15.9 Å². The summed E-state index contributed by atoms with van der Waals surface area (Å²) in [6.07, 6.45) is 2.79. The number of carboxylic acid groups (broad SMARTS) is 1. The van der Waals surface area contributed by atoms with Gasteiger partial charge < -0.3 is 5.11 Å². The van der Waals surface area contributed by atoms with Gasteiger partial charge in [0.15, 0.2) is 0 Å². The quantitative estimate of drug-likeness (QED) is 0.928. The van der Waals surface area contributed by atoms with Gasteiger partial charge in [-0.05, 0) is 44.0 Å². The van der Waals surface area contributed by atoms with Crippen molar-refractivity contribution in [2.45, 2.75) is 25.3 Å². The molecule has 1 aromatic rings. The molecule has 1 saturated heterocycles. The lowest BCUT2D eigenvalue weighted by molar-refractivity contribution is -0.142. The second-order valence-electron chi connectivity index (χ2n) is 4.39. The maximum Gasteiger partial charge on any atom is 0.321 e. The van der Waals surface area contributed by atoms with Gasteiger partial charge in [-0.2, -0.15) is 0 Å². The number of aliphatic carboxylic acids is 1. The molecule has 2 rings (SSSR count). The molecule has 1 heterocycles. The first-order valence-electron chi connectivity index (χ1n) is 5.89. The van der Waals surface area contributed by atoms with Gasteiger partial charge in [-0.25, -0.2) is 0 Å². The topological polar surface area (TPSA) is 40.5 Å². The Balaban J connectivity index is 2.12. The minimum atomic E-state index is -0.720. The van der Waals surface area contributed by atoms with Crippen molar-refractivity contribution < 1.29 is 9.90 Å². The first kappa shape index (κ1) is 12.6. The van der Waals surface area contributed by atoms with Crippen LogP contribution in [0.25, 0.3) is 0 Å². The maximum atomic E-state index is 11.3. The van der Waals surface area contributed by atoms with Crippen LogP contribution in [0.2, 0.25) is 0 Å². The van der Waals surface area contributed by atoms with Crippen molar-refractivity contribution in [3.8, 4) is 0 Å². The summed E-state index contributed by atoms with van der Waals surface area (Å²) in [6.45, 7) is 1.81. The molecule has 17 heavy (non-hydrogen) atoms. The zero-order chi connectivity index (χ0) is 12.3. The van der Waals surface area contributed by atoms with E-state index >= 15 is 0 Å². The lowest BCUT2D eigenvalue weighted by Gasteiger charge is -2.24. The van der Waals surface area contributed by atoms with Crippen molar-refractivity contribution >= 4 is 21.9 Å². The Labute approximate surface area is 110 Å². The standard InChI is InChI=1S/C13H16BrNO2/c14-11-6-2-1-5-10(11)9-12(13(16)17)15-7-3-4-8-15/h1-2,5-6,12H,3-4,7-9H2,(H,16,17). The fraction of sp³-hybridized carbons (Fsp3) is 0.462. The van der Waals surface area contributed by atoms with Crippen LogP contribution < -0.4 is 0 Å². The van der Waals surface area contributed by atoms with E-state index in [0.717, 1.165) is 36.0 Å². The number of hydrogen-bond acceptors (Lipinski definition) is 2. The number of nitrogens with zero attached hydrogens (tertiary/aromatic N) is 1. The third-order valence-electron chi connectivity index (χ3n) is 3.24. The van der Waals surface area contributed by atoms with Gasteiger partial charge in [-0.1, -0.05) is 34.1 Å². The third-order valence-corrected chi connectivity index (χ3v) is 4.01. The first-order chi connectivity index (χ1) is 8.18. The predicted molar refractivity (Wildman–Crippen MR) is 70.1 cm³/mol. The van der Waals surface area contributed by atoms with E-state index in [1.54, 1.807) is 0 Å². The van der Waals surface area contributed by atoms with E-state index in [1.807, 2.05) is 24.3 Å². The summed E-state index contributed by atoms with van der Waals surface area (Å²) in [7, 11) is 0. The summed E-state index contributed by atoms with van der Waals surface area (Å²) in [4.78, 5) is 13.4. The third kappa shape index (κ3) is 3.07. The van der Waals surface area contributed by atoms with Gasteiger partial charge in [-0.3, -0.25) is 9.69 Å². The molecule has 0 radical (unpaired) electrons. The molecule has 1 atom stereocenters. The van der Waals surface area contributed by atoms with Gasteiger partial charge in [0.05, 0.1) is 0 Å². The van der Waals surface area contributed by atoms with Gasteiger partial charge in [0, 0.05) is 4.47 Å². The molecule has 0 aromatic heterocycles. The van der Waals surface area contributed by atoms with Gasteiger partial charge >= 0.3 is 5.97 Å². The van der Waals surface area contributed by atoms with Gasteiger partial charge in [0.25, 0.3) is 0 Å². The second kappa shape index (κ2) is 5.65. The highest BCUT2D eigenvalue weighted by molar-refractivity contribution is 9.10. The van der Waals surface area contributed by atoms with Crippen molar-refractivity contribution in [1.29, 1.82) is 0 Å². The SMILES string of the molecule is O=C(O)C(Cc1ccccc1Br)N1CCCC1. The van der Waals surface area contributed by atoms with Crippen molar-refractivity contribution in [2.75, 3.05) is 13.1 Å². The molecule has 0 bridgehead atoms. The molecular weight excluding hydrogens is 282 g/mol. The second-order valence-corrected chi connectivity index (χ2v) is 5.25. The summed E-state index contributed by atoms with van der Waals surface area (Å²) < 4.78 is 0.991. The van der Waals surface area contributed by atoms with Crippen molar-refractivity contribution in [3.05, 3.63) is 34.3 Å². The zero-order valence-electron chi connectivity index (χ0n) is 9.60. The fourth-order valence-corrected chi connectivity index (χ4v) is 2.74. The van der Waals surface area contributed by atoms with Crippen molar-refractivity contribution in [1.82, 2.24) is 4.90 Å². The molecule has 0 amide bonds. The van der Waals surface area contributed by atoms with Crippen molar-refractivity contribution in [2.24, 2.45) is 0 Å². The molecule has 0 aliphatic carbocycles. The minimum absolute atomic E-state index is 0.392. The molecular formula is C13H16BrNO2. The molecule has 4 heteroatoms. The number of benzene rings is 1. The largest absolute Gasteiger partial charge is 0.480 e. The zero-order valence-corrected chi connectivity index (χ0v) is 11.2. The number of halogens is 1. The highest BCUT2D eigenvalue weighted by Crippen LogP contribution is 2.21. The lowest BCUT2D eigenvalue weighted by Crippen LogP contribution is -2.40. The van der Waals surface area contributed by atoms with E-state index in [9.17, 15) is 9.90 Å². The van der Waals surface area contributed by atoms with Crippen molar-refractivity contribution in [3.63, 3.8) is 0 Å². The molecule has 1 N–H and O–H groups in total. The summed E-state index contributed by atoms with van der Waals surface area (Å²) in [6, 6.07) is 7.44. The van der Waals surface area contributed by atoms with E-state index in [2.05, 4.69) is 20.8 Å². The van der Waals surface area contributed by atoms with E-state index in [0.29, 0.717) is 6.42 Å². The Morgan fingerprint density at radius 1 is 1.35 bits per heavy atom. The number of carboxylic acids is 1. The van der Waals surface area contributed by atoms with Crippen LogP contribution in [0.15, 0.2) is 28.7 Å². The summed E-state index contributed by atoms with van der Waals surface area (Å²) >= 11 is 3.47. The maximum absolute atomic E-state index is 11.3. The monoisotopic (exact) mass is 297 g/mol. The molecule has 0 saturated carbocycles. The van der Waals surface area contributed by atoms with Gasteiger partial charge in [0.1, 0.15) is 6.04 Å². The molecule has 1 aliphatic heterocycles. The van der Waals surface area contributed by atoms with E-state index < -0.39 is 12.0 Å². The average molecular weight is 298 g/mol. The molecule has 3 nitrogen and oxygen atoms in total. The van der Waals surface area contributed by atoms with Gasteiger partial charge in [0.2, 0.25) is 0 Å². The van der Waals surface area contributed by atoms with Crippen LogP contribution in [-0.4, -0.2) is 35.1 Å². The van der Waals surface area contributed by atoms with Crippen LogP contribution in [0.4, 0.5) is 0 Å². The number of carbonyl (C=O) groups is 1. The average Bonchev–Trinajstić information content (AvgIpc) is 2.81. The minimum Gasteiger partial charge on any atom is -0.480 e. The molecule has 92 valence electrons. The van der Waals surface area contributed by atoms with Crippen LogP contribution in [-0.2, 0) is 11.2 Å². The summed E-state index contributed by atoms with van der Waals surface area (Å²) in [5.74, 6) is -0.720. The fourth-order valence-electron chi connectivity index (χ4n) is 2.30. The summed E-state index contributed by atoms with van der Waals surface area (Å²) in [5.41, 5.74) is 1.06. The number of hydrogen-bond donors (Lipinski definition) is 1. The van der Waals surface area contributed by atoms with E-state index in [-0.39, 0.29) is 0 Å². The van der Waals surface area contributed by atoms with Gasteiger partial charge in [-0.15, -0.1) is 0 Å². The van der Waals surface area contributed by atoms with Crippen LogP contribution in [0.1, 0.15) is 18.4 Å². The Hall–Kier alpha value is -0.870. The Bertz CT molecular complexity index is 402. The van der Waals surface area contributed by atoms with Crippen LogP contribution in [0.3, 0.4) is 0 Å². The number of rotatable bonds is 4. The summed E-state index contributed by atoms with van der Waals surface area (Å²) in [5, 5.41) is 9.33. The predicted octanol–water partition coefficient (Wildman–Crippen LogP) is 2.54.